The monoisotopic (exact) mass is 371 g/mol. The molecule has 0 saturated heterocycles. The summed E-state index contributed by atoms with van der Waals surface area (Å²) in [5, 5.41) is 0. The Morgan fingerprint density at radius 2 is 1.74 bits per heavy atom. The minimum atomic E-state index is -0.389. The van der Waals surface area contributed by atoms with E-state index in [1.807, 2.05) is 6.92 Å². The van der Waals surface area contributed by atoms with Crippen LogP contribution < -0.4 is 9.47 Å². The molecule has 0 fully saturated rings. The van der Waals surface area contributed by atoms with Crippen molar-refractivity contribution in [1.82, 2.24) is 4.90 Å². The number of hydrogen-bond donors (Lipinski definition) is 0. The van der Waals surface area contributed by atoms with Gasteiger partial charge in [-0.3, -0.25) is 9.59 Å². The Bertz CT molecular complexity index is 829. The molecule has 0 radical (unpaired) electrons. The number of carbonyl (C=O) groups excluding carboxylic acids is 2. The van der Waals surface area contributed by atoms with E-state index in [0.29, 0.717) is 23.7 Å². The number of nitrogens with zero attached hydrogens (tertiary/aromatic N) is 1. The highest BCUT2D eigenvalue weighted by atomic mass is 19.1. The molecule has 0 atom stereocenters. The van der Waals surface area contributed by atoms with E-state index >= 15 is 0 Å². The van der Waals surface area contributed by atoms with Gasteiger partial charge in [-0.05, 0) is 55.0 Å². The Balaban J connectivity index is 2.13. The summed E-state index contributed by atoms with van der Waals surface area (Å²) < 4.78 is 24.0. The molecule has 1 amide bonds. The number of halogens is 1. The average molecular weight is 371 g/mol. The van der Waals surface area contributed by atoms with Crippen LogP contribution in [0.4, 0.5) is 4.39 Å². The molecule has 2 rings (SSSR count). The lowest BCUT2D eigenvalue weighted by Gasteiger charge is -2.14. The van der Waals surface area contributed by atoms with Crippen LogP contribution in [-0.4, -0.2) is 43.9 Å². The van der Waals surface area contributed by atoms with Crippen LogP contribution in [0.1, 0.15) is 22.8 Å². The van der Waals surface area contributed by atoms with Crippen molar-refractivity contribution in [3.05, 3.63) is 65.5 Å². The van der Waals surface area contributed by atoms with Gasteiger partial charge in [0, 0.05) is 19.7 Å². The maximum atomic E-state index is 12.9. The maximum absolute atomic E-state index is 12.9. The summed E-state index contributed by atoms with van der Waals surface area (Å²) in [4.78, 5) is 25.3. The molecule has 2 aromatic carbocycles. The predicted molar refractivity (Wildman–Crippen MR) is 102 cm³/mol. The fourth-order valence-electron chi connectivity index (χ4n) is 2.17. The summed E-state index contributed by atoms with van der Waals surface area (Å²) in [6, 6.07) is 10.5. The third-order valence-electron chi connectivity index (χ3n) is 3.67. The van der Waals surface area contributed by atoms with Crippen LogP contribution >= 0.6 is 0 Å². The highest BCUT2D eigenvalue weighted by molar-refractivity contribution is 6.06. The fourth-order valence-corrected chi connectivity index (χ4v) is 2.17. The lowest BCUT2D eigenvalue weighted by atomic mass is 10.1. The van der Waals surface area contributed by atoms with Gasteiger partial charge in [-0.25, -0.2) is 4.39 Å². The first-order valence-corrected chi connectivity index (χ1v) is 8.48. The van der Waals surface area contributed by atoms with Crippen molar-refractivity contribution in [2.24, 2.45) is 0 Å². The van der Waals surface area contributed by atoms with Crippen LogP contribution in [0.15, 0.2) is 48.5 Å². The minimum Gasteiger partial charge on any atom is -0.490 e. The van der Waals surface area contributed by atoms with Gasteiger partial charge in [0.15, 0.2) is 23.9 Å². The highest BCUT2D eigenvalue weighted by Gasteiger charge is 2.10. The van der Waals surface area contributed by atoms with Crippen molar-refractivity contribution in [2.75, 3.05) is 27.3 Å². The zero-order valence-corrected chi connectivity index (χ0v) is 15.6. The van der Waals surface area contributed by atoms with Crippen molar-refractivity contribution < 1.29 is 23.5 Å². The number of hydrogen-bond acceptors (Lipinski definition) is 4. The summed E-state index contributed by atoms with van der Waals surface area (Å²) in [6.07, 6.45) is 3.05. The van der Waals surface area contributed by atoms with Gasteiger partial charge in [0.25, 0.3) is 5.91 Å². The van der Waals surface area contributed by atoms with Gasteiger partial charge in [0.05, 0.1) is 6.61 Å². The maximum Gasteiger partial charge on any atom is 0.259 e. The number of carbonyl (C=O) groups is 2. The smallest absolute Gasteiger partial charge is 0.259 e. The molecule has 6 heteroatoms. The Morgan fingerprint density at radius 3 is 2.37 bits per heavy atom. The second-order valence-electron chi connectivity index (χ2n) is 5.92. The quantitative estimate of drug-likeness (QED) is 0.526. The van der Waals surface area contributed by atoms with E-state index < -0.39 is 0 Å². The van der Waals surface area contributed by atoms with Crippen molar-refractivity contribution in [1.29, 1.82) is 0 Å². The fraction of sp³-hybridized carbons (Fsp3) is 0.238. The van der Waals surface area contributed by atoms with Gasteiger partial charge in [-0.1, -0.05) is 12.1 Å². The molecule has 27 heavy (non-hydrogen) atoms. The molecule has 0 aliphatic rings. The molecule has 0 bridgehead atoms. The van der Waals surface area contributed by atoms with Gasteiger partial charge < -0.3 is 14.4 Å². The lowest BCUT2D eigenvalue weighted by molar-refractivity contribution is -0.130. The largest absolute Gasteiger partial charge is 0.490 e. The number of ether oxygens (including phenoxy) is 2. The van der Waals surface area contributed by atoms with Crippen molar-refractivity contribution >= 4 is 17.8 Å². The van der Waals surface area contributed by atoms with Crippen molar-refractivity contribution in [3.8, 4) is 11.5 Å². The van der Waals surface area contributed by atoms with Gasteiger partial charge >= 0.3 is 0 Å². The van der Waals surface area contributed by atoms with Crippen LogP contribution in [0.2, 0.25) is 0 Å². The van der Waals surface area contributed by atoms with E-state index in [1.165, 1.54) is 35.2 Å². The molecule has 0 aromatic heterocycles. The first-order valence-electron chi connectivity index (χ1n) is 8.48. The molecule has 2 aromatic rings. The van der Waals surface area contributed by atoms with Gasteiger partial charge in [0.2, 0.25) is 0 Å². The molecule has 5 nitrogen and oxygen atoms in total. The van der Waals surface area contributed by atoms with E-state index in [-0.39, 0.29) is 24.1 Å². The van der Waals surface area contributed by atoms with Crippen LogP contribution in [0.3, 0.4) is 0 Å². The van der Waals surface area contributed by atoms with E-state index in [4.69, 9.17) is 9.47 Å². The third kappa shape index (κ3) is 5.95. The SMILES string of the molecule is CCOc1cc(/C=C/C(=O)c2ccc(F)cc2)ccc1OCC(=O)N(C)C. The summed E-state index contributed by atoms with van der Waals surface area (Å²) in [6.45, 7) is 2.18. The molecule has 0 spiro atoms. The zero-order valence-electron chi connectivity index (χ0n) is 15.6. The Hall–Kier alpha value is -3.15. The van der Waals surface area contributed by atoms with Gasteiger partial charge in [-0.2, -0.15) is 0 Å². The highest BCUT2D eigenvalue weighted by Crippen LogP contribution is 2.29. The first kappa shape index (κ1) is 20.2. The molecule has 0 N–H and O–H groups in total. The second-order valence-corrected chi connectivity index (χ2v) is 5.92. The molecule has 0 aliphatic heterocycles. The number of ketones is 1. The van der Waals surface area contributed by atoms with Crippen LogP contribution in [0.25, 0.3) is 6.08 Å². The molecule has 142 valence electrons. The Kier molecular flexibility index (Phi) is 7.11. The molecular weight excluding hydrogens is 349 g/mol. The number of likely N-dealkylation sites (N-methyl/N-ethyl adjacent to an activating group) is 1. The number of rotatable bonds is 8. The molecule has 0 aliphatic carbocycles. The summed E-state index contributed by atoms with van der Waals surface area (Å²) in [5.41, 5.74) is 1.14. The first-order chi connectivity index (χ1) is 12.9. The molecular formula is C21H22FNO4. The summed E-state index contributed by atoms with van der Waals surface area (Å²) in [5.74, 6) is 0.158. The van der Waals surface area contributed by atoms with E-state index in [0.717, 1.165) is 5.56 Å². The van der Waals surface area contributed by atoms with Crippen LogP contribution in [-0.2, 0) is 4.79 Å². The Morgan fingerprint density at radius 1 is 1.04 bits per heavy atom. The van der Waals surface area contributed by atoms with Gasteiger partial charge in [-0.15, -0.1) is 0 Å². The molecule has 0 unspecified atom stereocenters. The number of benzene rings is 2. The minimum absolute atomic E-state index is 0.0920. The number of amides is 1. The summed E-state index contributed by atoms with van der Waals surface area (Å²) >= 11 is 0. The van der Waals surface area contributed by atoms with Crippen LogP contribution in [0.5, 0.6) is 11.5 Å². The average Bonchev–Trinajstić information content (AvgIpc) is 2.65. The van der Waals surface area contributed by atoms with Gasteiger partial charge in [0.1, 0.15) is 5.82 Å². The standard InChI is InChI=1S/C21H22FNO4/c1-4-26-20-13-15(6-12-19(20)27-14-21(25)23(2)3)5-11-18(24)16-7-9-17(22)10-8-16/h5-13H,4,14H2,1-3H3/b11-5+. The number of allylic oxidation sites excluding steroid dienone is 1. The second kappa shape index (κ2) is 9.52. The molecule has 0 saturated carbocycles. The lowest BCUT2D eigenvalue weighted by Crippen LogP contribution is -2.27. The van der Waals surface area contributed by atoms with Crippen LogP contribution in [0, 0.1) is 5.82 Å². The topological polar surface area (TPSA) is 55.8 Å². The Labute approximate surface area is 158 Å². The summed E-state index contributed by atoms with van der Waals surface area (Å²) in [7, 11) is 3.31. The van der Waals surface area contributed by atoms with Crippen molar-refractivity contribution in [2.45, 2.75) is 6.92 Å². The predicted octanol–water partition coefficient (Wildman–Crippen LogP) is 3.59. The van der Waals surface area contributed by atoms with Crippen molar-refractivity contribution in [3.63, 3.8) is 0 Å². The van der Waals surface area contributed by atoms with E-state index in [1.54, 1.807) is 38.4 Å². The van der Waals surface area contributed by atoms with E-state index in [2.05, 4.69) is 0 Å². The zero-order chi connectivity index (χ0) is 19.8. The third-order valence-corrected chi connectivity index (χ3v) is 3.67. The van der Waals surface area contributed by atoms with E-state index in [9.17, 15) is 14.0 Å². The molecule has 0 heterocycles. The normalized spacial score (nSPS) is 10.7.